The van der Waals surface area contributed by atoms with Crippen molar-refractivity contribution in [3.63, 3.8) is 0 Å². The number of piperidine rings is 1. The number of hydrogen-bond acceptors (Lipinski definition) is 3. The average molecular weight is 218 g/mol. The molecule has 0 saturated carbocycles. The van der Waals surface area contributed by atoms with E-state index in [0.29, 0.717) is 11.8 Å². The van der Waals surface area contributed by atoms with Crippen LogP contribution in [0.3, 0.4) is 0 Å². The molecule has 5 heteroatoms. The lowest BCUT2D eigenvalue weighted by molar-refractivity contribution is 0.246. The minimum Gasteiger partial charge on any atom is -0.314 e. The molecule has 0 aromatic carbocycles. The van der Waals surface area contributed by atoms with Crippen molar-refractivity contribution in [3.8, 4) is 0 Å². The van der Waals surface area contributed by atoms with Crippen molar-refractivity contribution in [1.82, 2.24) is 9.62 Å². The molecule has 2 heterocycles. The van der Waals surface area contributed by atoms with Crippen LogP contribution in [0.4, 0.5) is 0 Å². The van der Waals surface area contributed by atoms with Crippen LogP contribution in [0, 0.1) is 0 Å². The van der Waals surface area contributed by atoms with Crippen molar-refractivity contribution >= 4 is 10.0 Å². The quantitative estimate of drug-likeness (QED) is 0.682. The summed E-state index contributed by atoms with van der Waals surface area (Å²) in [5.41, 5.74) is 0. The monoisotopic (exact) mass is 218 g/mol. The van der Waals surface area contributed by atoms with Gasteiger partial charge in [-0.15, -0.1) is 0 Å². The fourth-order valence-electron chi connectivity index (χ4n) is 2.44. The summed E-state index contributed by atoms with van der Waals surface area (Å²) in [5.74, 6) is 0.352. The molecule has 2 unspecified atom stereocenters. The first-order valence-corrected chi connectivity index (χ1v) is 6.93. The molecule has 82 valence electrons. The Hall–Kier alpha value is -0.130. The maximum atomic E-state index is 11.7. The first-order chi connectivity index (χ1) is 6.59. The van der Waals surface area contributed by atoms with E-state index >= 15 is 0 Å². The van der Waals surface area contributed by atoms with Gasteiger partial charge in [0.1, 0.15) is 0 Å². The molecule has 2 rings (SSSR count). The number of rotatable bonds is 1. The molecule has 0 amide bonds. The van der Waals surface area contributed by atoms with Crippen molar-refractivity contribution in [3.05, 3.63) is 0 Å². The summed E-state index contributed by atoms with van der Waals surface area (Å²) in [4.78, 5) is 0. The molecule has 2 aliphatic heterocycles. The second-order valence-electron chi connectivity index (χ2n) is 4.31. The zero-order valence-electron chi connectivity index (χ0n) is 8.57. The van der Waals surface area contributed by atoms with Gasteiger partial charge in [0.05, 0.1) is 5.75 Å². The third kappa shape index (κ3) is 1.94. The zero-order chi connectivity index (χ0) is 10.2. The Morgan fingerprint density at radius 2 is 2.21 bits per heavy atom. The lowest BCUT2D eigenvalue weighted by Gasteiger charge is -2.33. The molecular weight excluding hydrogens is 200 g/mol. The van der Waals surface area contributed by atoms with E-state index in [1.54, 1.807) is 4.31 Å². The van der Waals surface area contributed by atoms with Crippen LogP contribution in [0.1, 0.15) is 26.2 Å². The van der Waals surface area contributed by atoms with Crippen molar-refractivity contribution in [2.75, 3.05) is 18.8 Å². The molecule has 14 heavy (non-hydrogen) atoms. The molecule has 2 atom stereocenters. The van der Waals surface area contributed by atoms with Gasteiger partial charge in [0, 0.05) is 18.6 Å². The third-order valence-electron chi connectivity index (χ3n) is 3.14. The van der Waals surface area contributed by atoms with E-state index in [0.717, 1.165) is 32.4 Å². The zero-order valence-corrected chi connectivity index (χ0v) is 9.39. The summed E-state index contributed by atoms with van der Waals surface area (Å²) in [6, 6.07) is 0.697. The first kappa shape index (κ1) is 10.4. The smallest absolute Gasteiger partial charge is 0.214 e. The van der Waals surface area contributed by atoms with E-state index in [-0.39, 0.29) is 6.04 Å². The standard InChI is InChI=1S/C9H18N2O2S/c1-8-7-9(3-4-10-8)11-5-2-6-14(11,12)13/h8-10H,2-7H2,1H3. The summed E-state index contributed by atoms with van der Waals surface area (Å²) in [5, 5.41) is 3.34. The highest BCUT2D eigenvalue weighted by Gasteiger charge is 2.35. The topological polar surface area (TPSA) is 49.4 Å². The highest BCUT2D eigenvalue weighted by atomic mass is 32.2. The van der Waals surface area contributed by atoms with Crippen LogP contribution in [0.2, 0.25) is 0 Å². The minimum atomic E-state index is -2.90. The van der Waals surface area contributed by atoms with Gasteiger partial charge in [-0.3, -0.25) is 0 Å². The normalized spacial score (nSPS) is 38.6. The molecule has 0 aromatic rings. The molecule has 0 bridgehead atoms. The first-order valence-electron chi connectivity index (χ1n) is 5.32. The van der Waals surface area contributed by atoms with E-state index in [4.69, 9.17) is 0 Å². The van der Waals surface area contributed by atoms with Gasteiger partial charge in [0.2, 0.25) is 10.0 Å². The maximum Gasteiger partial charge on any atom is 0.214 e. The van der Waals surface area contributed by atoms with Crippen molar-refractivity contribution < 1.29 is 8.42 Å². The second kappa shape index (κ2) is 3.79. The van der Waals surface area contributed by atoms with Crippen molar-refractivity contribution in [2.45, 2.75) is 38.3 Å². The van der Waals surface area contributed by atoms with Gasteiger partial charge < -0.3 is 5.32 Å². The highest BCUT2D eigenvalue weighted by Crippen LogP contribution is 2.23. The van der Waals surface area contributed by atoms with E-state index in [9.17, 15) is 8.42 Å². The van der Waals surface area contributed by atoms with Gasteiger partial charge >= 0.3 is 0 Å². The number of nitrogens with one attached hydrogen (secondary N) is 1. The van der Waals surface area contributed by atoms with Crippen LogP contribution in [0.25, 0.3) is 0 Å². The third-order valence-corrected chi connectivity index (χ3v) is 5.14. The van der Waals surface area contributed by atoms with Gasteiger partial charge in [-0.1, -0.05) is 0 Å². The highest BCUT2D eigenvalue weighted by molar-refractivity contribution is 7.89. The van der Waals surface area contributed by atoms with Gasteiger partial charge in [0.15, 0.2) is 0 Å². The predicted molar refractivity (Wildman–Crippen MR) is 55.6 cm³/mol. The van der Waals surface area contributed by atoms with Crippen LogP contribution in [-0.2, 0) is 10.0 Å². The molecule has 4 nitrogen and oxygen atoms in total. The Labute approximate surface area is 85.7 Å². The Balaban J connectivity index is 2.07. The predicted octanol–water partition coefficient (Wildman–Crippen LogP) is 0.162. The Kier molecular flexibility index (Phi) is 2.81. The van der Waals surface area contributed by atoms with Crippen LogP contribution in [0.15, 0.2) is 0 Å². The van der Waals surface area contributed by atoms with Crippen LogP contribution in [-0.4, -0.2) is 43.6 Å². The molecule has 1 N–H and O–H groups in total. The Bertz CT molecular complexity index is 302. The molecule has 2 fully saturated rings. The van der Waals surface area contributed by atoms with Crippen LogP contribution in [0.5, 0.6) is 0 Å². The summed E-state index contributed by atoms with van der Waals surface area (Å²) in [6.07, 6.45) is 2.73. The molecule has 0 aromatic heterocycles. The summed E-state index contributed by atoms with van der Waals surface area (Å²) >= 11 is 0. The molecular formula is C9H18N2O2S. The molecule has 0 radical (unpaired) electrons. The van der Waals surface area contributed by atoms with Crippen LogP contribution >= 0.6 is 0 Å². The van der Waals surface area contributed by atoms with E-state index < -0.39 is 10.0 Å². The van der Waals surface area contributed by atoms with Gasteiger partial charge in [-0.2, -0.15) is 4.31 Å². The maximum absolute atomic E-state index is 11.7. The number of sulfonamides is 1. The largest absolute Gasteiger partial charge is 0.314 e. The lowest BCUT2D eigenvalue weighted by atomic mass is 10.0. The fourth-order valence-corrected chi connectivity index (χ4v) is 4.22. The van der Waals surface area contributed by atoms with Crippen LogP contribution < -0.4 is 5.32 Å². The minimum absolute atomic E-state index is 0.249. The second-order valence-corrected chi connectivity index (χ2v) is 6.35. The molecule has 0 spiro atoms. The van der Waals surface area contributed by atoms with Crippen molar-refractivity contribution in [2.24, 2.45) is 0 Å². The van der Waals surface area contributed by atoms with Gasteiger partial charge in [-0.25, -0.2) is 8.42 Å². The number of hydrogen-bond donors (Lipinski definition) is 1. The molecule has 0 aliphatic carbocycles. The van der Waals surface area contributed by atoms with E-state index in [2.05, 4.69) is 12.2 Å². The van der Waals surface area contributed by atoms with Gasteiger partial charge in [-0.05, 0) is 32.7 Å². The van der Waals surface area contributed by atoms with E-state index in [1.165, 1.54) is 0 Å². The fraction of sp³-hybridized carbons (Fsp3) is 1.00. The van der Waals surface area contributed by atoms with Crippen molar-refractivity contribution in [1.29, 1.82) is 0 Å². The molecule has 2 aliphatic rings. The Morgan fingerprint density at radius 3 is 2.79 bits per heavy atom. The lowest BCUT2D eigenvalue weighted by Crippen LogP contribution is -2.47. The molecule has 2 saturated heterocycles. The SMILES string of the molecule is CC1CC(N2CCCS2(=O)=O)CCN1. The van der Waals surface area contributed by atoms with E-state index in [1.807, 2.05) is 0 Å². The summed E-state index contributed by atoms with van der Waals surface area (Å²) in [7, 11) is -2.90. The summed E-state index contributed by atoms with van der Waals surface area (Å²) in [6.45, 7) is 3.80. The van der Waals surface area contributed by atoms with Gasteiger partial charge in [0.25, 0.3) is 0 Å². The number of nitrogens with zero attached hydrogens (tertiary/aromatic N) is 1. The summed E-state index contributed by atoms with van der Waals surface area (Å²) < 4.78 is 25.1. The Morgan fingerprint density at radius 1 is 1.43 bits per heavy atom. The average Bonchev–Trinajstić information content (AvgIpc) is 2.45.